The lowest BCUT2D eigenvalue weighted by atomic mass is 9.98. The summed E-state index contributed by atoms with van der Waals surface area (Å²) in [6.07, 6.45) is 0.567. The molecule has 0 aliphatic heterocycles. The van der Waals surface area contributed by atoms with Crippen LogP contribution >= 0.6 is 11.8 Å². The largest absolute Gasteiger partial charge is 0.467 e. The topological polar surface area (TPSA) is 202 Å². The van der Waals surface area contributed by atoms with Crippen LogP contribution in [0.15, 0.2) is 91.0 Å². The van der Waals surface area contributed by atoms with E-state index in [1.54, 1.807) is 78.1 Å². The summed E-state index contributed by atoms with van der Waals surface area (Å²) in [5.41, 5.74) is 0.678. The highest BCUT2D eigenvalue weighted by Crippen LogP contribution is 2.21. The Morgan fingerprint density at radius 2 is 1.33 bits per heavy atom. The molecule has 0 spiro atoms. The van der Waals surface area contributed by atoms with Crippen molar-refractivity contribution in [3.05, 3.63) is 113 Å². The molecule has 0 aliphatic rings. The maximum atomic E-state index is 13.9. The number of hydrogen-bond acceptors (Lipinski definition) is 11. The van der Waals surface area contributed by atoms with Crippen LogP contribution in [0.1, 0.15) is 75.0 Å². The van der Waals surface area contributed by atoms with Gasteiger partial charge in [-0.3, -0.25) is 24.6 Å². The summed E-state index contributed by atoms with van der Waals surface area (Å²) in [6.45, 7) is 10.1. The van der Waals surface area contributed by atoms with Crippen molar-refractivity contribution in [2.75, 3.05) is 18.7 Å². The first-order valence-corrected chi connectivity index (χ1v) is 20.5. The molecule has 0 fully saturated rings. The van der Waals surface area contributed by atoms with Gasteiger partial charge in [0.25, 0.3) is 5.91 Å². The average Bonchev–Trinajstić information content (AvgIpc) is 3.18. The number of nitrogens with one attached hydrogen (secondary N) is 5. The molecular weight excluding hydrogens is 787 g/mol. The molecule has 0 saturated heterocycles. The third-order valence-corrected chi connectivity index (χ3v) is 9.42. The Kier molecular flexibility index (Phi) is 16.0. The number of fused-ring (bicyclic) bond motifs is 1. The first-order chi connectivity index (χ1) is 28.2. The third-order valence-electron chi connectivity index (χ3n) is 8.78. The summed E-state index contributed by atoms with van der Waals surface area (Å²) in [5.74, 6) is -3.70. The molecule has 15 heteroatoms. The summed E-state index contributed by atoms with van der Waals surface area (Å²) in [6, 6.07) is 22.4. The fourth-order valence-electron chi connectivity index (χ4n) is 6.07. The standard InChI is InChI=1S/C45H53N5O9S/c1-44(2,3)58-37(51)26-35(41(54)49-36(42(55)57-7)25-30-15-11-14-28-13-9-10-18-33(28)30)48-39(52)31-16-12-17-32(24-31)47-40(53)34(50-43(56)59-45(4,5)6)23-27-19-21-29(22-20-27)38(46)60-8/h9-22,24,34-36,46H,23,25-26H2,1-8H3,(H,47,53)(H,48,52)(H,49,54)(H,50,56)/t34?,35-,36-/m0/s1. The van der Waals surface area contributed by atoms with Crippen LogP contribution in [0.25, 0.3) is 10.8 Å². The van der Waals surface area contributed by atoms with Crippen molar-refractivity contribution in [1.29, 1.82) is 5.41 Å². The molecule has 318 valence electrons. The highest BCUT2D eigenvalue weighted by atomic mass is 32.2. The number of carbonyl (C=O) groups excluding carboxylic acids is 6. The predicted molar refractivity (Wildman–Crippen MR) is 232 cm³/mol. The van der Waals surface area contributed by atoms with Gasteiger partial charge in [0.15, 0.2) is 0 Å². The highest BCUT2D eigenvalue weighted by Gasteiger charge is 2.32. The maximum absolute atomic E-state index is 13.9. The van der Waals surface area contributed by atoms with Crippen LogP contribution in [-0.4, -0.2) is 83.5 Å². The van der Waals surface area contributed by atoms with E-state index in [-0.39, 0.29) is 24.1 Å². The molecule has 5 N–H and O–H groups in total. The fourth-order valence-corrected chi connectivity index (χ4v) is 6.44. The zero-order valence-electron chi connectivity index (χ0n) is 35.1. The van der Waals surface area contributed by atoms with Crippen molar-refractivity contribution in [3.8, 4) is 0 Å². The van der Waals surface area contributed by atoms with Gasteiger partial charge in [0.1, 0.15) is 29.3 Å². The second-order valence-corrected chi connectivity index (χ2v) is 16.8. The first kappa shape index (κ1) is 46.5. The van der Waals surface area contributed by atoms with E-state index < -0.39 is 71.5 Å². The van der Waals surface area contributed by atoms with Gasteiger partial charge in [-0.2, -0.15) is 0 Å². The molecule has 0 aromatic heterocycles. The van der Waals surface area contributed by atoms with Gasteiger partial charge in [-0.1, -0.05) is 72.8 Å². The van der Waals surface area contributed by atoms with Gasteiger partial charge in [0, 0.05) is 29.7 Å². The quantitative estimate of drug-likeness (QED) is 0.0390. The summed E-state index contributed by atoms with van der Waals surface area (Å²) >= 11 is 1.29. The van der Waals surface area contributed by atoms with Crippen LogP contribution in [0, 0.1) is 5.41 Å². The Labute approximate surface area is 354 Å². The van der Waals surface area contributed by atoms with Gasteiger partial charge in [-0.05, 0) is 87.9 Å². The average molecular weight is 840 g/mol. The van der Waals surface area contributed by atoms with Crippen LogP contribution in [0.4, 0.5) is 10.5 Å². The Balaban J connectivity index is 1.56. The van der Waals surface area contributed by atoms with Crippen LogP contribution in [0.3, 0.4) is 0 Å². The van der Waals surface area contributed by atoms with E-state index in [9.17, 15) is 28.8 Å². The van der Waals surface area contributed by atoms with Gasteiger partial charge >= 0.3 is 18.0 Å². The Morgan fingerprint density at radius 1 is 0.683 bits per heavy atom. The summed E-state index contributed by atoms with van der Waals surface area (Å²) in [7, 11) is 1.20. The van der Waals surface area contributed by atoms with Gasteiger partial charge in [-0.25, -0.2) is 9.59 Å². The number of esters is 2. The van der Waals surface area contributed by atoms with Gasteiger partial charge in [-0.15, -0.1) is 11.8 Å². The van der Waals surface area contributed by atoms with E-state index in [4.69, 9.17) is 19.6 Å². The molecule has 1 unspecified atom stereocenters. The molecule has 0 radical (unpaired) electrons. The van der Waals surface area contributed by atoms with E-state index in [1.807, 2.05) is 42.5 Å². The van der Waals surface area contributed by atoms with Crippen molar-refractivity contribution in [2.45, 2.75) is 90.1 Å². The third kappa shape index (κ3) is 14.3. The number of rotatable bonds is 15. The molecule has 3 atom stereocenters. The maximum Gasteiger partial charge on any atom is 0.408 e. The first-order valence-electron chi connectivity index (χ1n) is 19.2. The van der Waals surface area contributed by atoms with Crippen LogP contribution in [0.2, 0.25) is 0 Å². The molecule has 0 aliphatic carbocycles. The van der Waals surface area contributed by atoms with Gasteiger partial charge < -0.3 is 35.5 Å². The van der Waals surface area contributed by atoms with E-state index in [2.05, 4.69) is 21.3 Å². The second kappa shape index (κ2) is 20.7. The van der Waals surface area contributed by atoms with Crippen molar-refractivity contribution < 1.29 is 43.0 Å². The Hall–Kier alpha value is -6.22. The molecule has 14 nitrogen and oxygen atoms in total. The summed E-state index contributed by atoms with van der Waals surface area (Å²) in [5, 5.41) is 20.9. The number of anilines is 1. The lowest BCUT2D eigenvalue weighted by Crippen LogP contribution is -2.53. The summed E-state index contributed by atoms with van der Waals surface area (Å²) in [4.78, 5) is 80.4. The lowest BCUT2D eigenvalue weighted by Gasteiger charge is -2.24. The molecular formula is C45H53N5O9S. The number of amides is 4. The van der Waals surface area contributed by atoms with Crippen molar-refractivity contribution in [1.82, 2.24) is 16.0 Å². The number of benzene rings is 4. The van der Waals surface area contributed by atoms with Crippen LogP contribution in [0.5, 0.6) is 0 Å². The molecule has 4 aromatic rings. The Morgan fingerprint density at radius 3 is 1.98 bits per heavy atom. The monoisotopic (exact) mass is 839 g/mol. The SMILES string of the molecule is COC(=O)[C@H](Cc1cccc2ccccc12)NC(=O)[C@H](CC(=O)OC(C)(C)C)NC(=O)c1cccc(NC(=O)C(Cc2ccc(C(=N)SC)cc2)NC(=O)OC(C)(C)C)c1. The van der Waals surface area contributed by atoms with Gasteiger partial charge in [0.05, 0.1) is 18.6 Å². The highest BCUT2D eigenvalue weighted by molar-refractivity contribution is 8.13. The zero-order valence-corrected chi connectivity index (χ0v) is 35.9. The molecule has 60 heavy (non-hydrogen) atoms. The minimum absolute atomic E-state index is 0.0264. The normalized spacial score (nSPS) is 12.9. The molecule has 0 saturated carbocycles. The van der Waals surface area contributed by atoms with Crippen molar-refractivity contribution >= 4 is 69.0 Å². The van der Waals surface area contributed by atoms with Crippen molar-refractivity contribution in [2.24, 2.45) is 0 Å². The van der Waals surface area contributed by atoms with E-state index in [0.29, 0.717) is 16.2 Å². The number of alkyl carbamates (subject to hydrolysis) is 1. The Bertz CT molecular complexity index is 2210. The molecule has 0 bridgehead atoms. The van der Waals surface area contributed by atoms with E-state index in [1.165, 1.54) is 37.1 Å². The zero-order chi connectivity index (χ0) is 44.2. The van der Waals surface area contributed by atoms with Crippen LogP contribution < -0.4 is 21.3 Å². The van der Waals surface area contributed by atoms with E-state index >= 15 is 0 Å². The number of methoxy groups -OCH3 is 1. The lowest BCUT2D eigenvalue weighted by molar-refractivity contribution is -0.156. The number of thioether (sulfide) groups is 1. The number of carbonyl (C=O) groups is 6. The minimum Gasteiger partial charge on any atom is -0.467 e. The van der Waals surface area contributed by atoms with E-state index in [0.717, 1.165) is 16.3 Å². The molecule has 4 amide bonds. The minimum atomic E-state index is -1.49. The summed E-state index contributed by atoms with van der Waals surface area (Å²) < 4.78 is 15.9. The van der Waals surface area contributed by atoms with Crippen LogP contribution in [-0.2, 0) is 46.2 Å². The van der Waals surface area contributed by atoms with Gasteiger partial charge in [0.2, 0.25) is 11.8 Å². The second-order valence-electron chi connectivity index (χ2n) is 15.9. The molecule has 4 aromatic carbocycles. The fraction of sp³-hybridized carbons (Fsp3) is 0.356. The smallest absolute Gasteiger partial charge is 0.408 e. The molecule has 4 rings (SSSR count). The number of ether oxygens (including phenoxy) is 3. The number of hydrogen-bond donors (Lipinski definition) is 5. The predicted octanol–water partition coefficient (Wildman–Crippen LogP) is 6.33. The molecule has 0 heterocycles. The van der Waals surface area contributed by atoms with Crippen molar-refractivity contribution in [3.63, 3.8) is 0 Å².